The lowest BCUT2D eigenvalue weighted by atomic mass is 9.99. The maximum absolute atomic E-state index is 11.3. The van der Waals surface area contributed by atoms with Gasteiger partial charge in [0.15, 0.2) is 0 Å². The monoisotopic (exact) mass is 263 g/mol. The Bertz CT molecular complexity index is 420. The summed E-state index contributed by atoms with van der Waals surface area (Å²) in [5.41, 5.74) is 1.60. The van der Waals surface area contributed by atoms with E-state index in [4.69, 9.17) is 4.74 Å². The molecule has 1 aromatic rings. The fraction of sp³-hybridized carbons (Fsp3) is 0.533. The van der Waals surface area contributed by atoms with E-state index < -0.39 is 0 Å². The smallest absolute Gasteiger partial charge is 0.337 e. The fourth-order valence-corrected chi connectivity index (χ4v) is 2.58. The summed E-state index contributed by atoms with van der Waals surface area (Å²) in [5.74, 6) is -0.306. The van der Waals surface area contributed by atoms with Crippen LogP contribution in [0.1, 0.15) is 37.0 Å². The Kier molecular flexibility index (Phi) is 4.43. The summed E-state index contributed by atoms with van der Waals surface area (Å²) in [4.78, 5) is 11.3. The zero-order chi connectivity index (χ0) is 13.8. The average Bonchev–Trinajstić information content (AvgIpc) is 2.37. The summed E-state index contributed by atoms with van der Waals surface area (Å²) in [5, 5.41) is 3.49. The van der Waals surface area contributed by atoms with Crippen LogP contribution < -0.4 is 5.32 Å². The van der Waals surface area contributed by atoms with E-state index in [1.807, 2.05) is 12.1 Å². The summed E-state index contributed by atoms with van der Waals surface area (Å²) in [6.45, 7) is 4.20. The zero-order valence-corrected chi connectivity index (χ0v) is 11.7. The van der Waals surface area contributed by atoms with E-state index in [2.05, 4.69) is 23.9 Å². The Morgan fingerprint density at radius 2 is 1.79 bits per heavy atom. The molecule has 1 saturated heterocycles. The summed E-state index contributed by atoms with van der Waals surface area (Å²) >= 11 is 0. The quantitative estimate of drug-likeness (QED) is 0.852. The van der Waals surface area contributed by atoms with Crippen molar-refractivity contribution in [3.8, 4) is 0 Å². The van der Waals surface area contributed by atoms with Crippen LogP contribution in [0.4, 0.5) is 5.69 Å². The van der Waals surface area contributed by atoms with Gasteiger partial charge in [0.25, 0.3) is 0 Å². The van der Waals surface area contributed by atoms with Crippen molar-refractivity contribution in [2.75, 3.05) is 12.4 Å². The molecule has 0 aliphatic carbocycles. The van der Waals surface area contributed by atoms with E-state index >= 15 is 0 Å². The lowest BCUT2D eigenvalue weighted by molar-refractivity contribution is -0.0337. The van der Waals surface area contributed by atoms with Gasteiger partial charge in [-0.1, -0.05) is 0 Å². The summed E-state index contributed by atoms with van der Waals surface area (Å²) in [6, 6.07) is 7.80. The van der Waals surface area contributed by atoms with Crippen LogP contribution in [0.2, 0.25) is 0 Å². The molecule has 0 spiro atoms. The van der Waals surface area contributed by atoms with Crippen molar-refractivity contribution in [3.05, 3.63) is 29.8 Å². The third-order valence-corrected chi connectivity index (χ3v) is 3.37. The molecule has 4 nitrogen and oxygen atoms in total. The second-order valence-electron chi connectivity index (χ2n) is 5.14. The number of ether oxygens (including phenoxy) is 2. The predicted molar refractivity (Wildman–Crippen MR) is 74.4 cm³/mol. The van der Waals surface area contributed by atoms with Crippen LogP contribution in [0.3, 0.4) is 0 Å². The van der Waals surface area contributed by atoms with Crippen molar-refractivity contribution >= 4 is 11.7 Å². The van der Waals surface area contributed by atoms with Crippen molar-refractivity contribution in [2.45, 2.75) is 44.9 Å². The molecule has 0 saturated carbocycles. The molecule has 1 aromatic carbocycles. The number of hydrogen-bond acceptors (Lipinski definition) is 4. The molecule has 2 unspecified atom stereocenters. The number of carbonyl (C=O) groups excluding carboxylic acids is 1. The highest BCUT2D eigenvalue weighted by Gasteiger charge is 2.24. The lowest BCUT2D eigenvalue weighted by Crippen LogP contribution is -2.36. The highest BCUT2D eigenvalue weighted by molar-refractivity contribution is 5.89. The topological polar surface area (TPSA) is 47.6 Å². The molecule has 2 atom stereocenters. The molecule has 2 rings (SSSR count). The summed E-state index contributed by atoms with van der Waals surface area (Å²) < 4.78 is 10.4. The number of hydrogen-bond donors (Lipinski definition) is 1. The van der Waals surface area contributed by atoms with E-state index in [1.165, 1.54) is 7.11 Å². The fourth-order valence-electron chi connectivity index (χ4n) is 2.58. The molecule has 0 bridgehead atoms. The van der Waals surface area contributed by atoms with E-state index in [9.17, 15) is 4.79 Å². The maximum atomic E-state index is 11.3. The van der Waals surface area contributed by atoms with Crippen LogP contribution in [0.15, 0.2) is 24.3 Å². The van der Waals surface area contributed by atoms with Crippen LogP contribution in [0.25, 0.3) is 0 Å². The van der Waals surface area contributed by atoms with Crippen LogP contribution in [0.5, 0.6) is 0 Å². The van der Waals surface area contributed by atoms with Gasteiger partial charge in [-0.2, -0.15) is 0 Å². The number of methoxy groups -OCH3 is 1. The molecule has 104 valence electrons. The van der Waals surface area contributed by atoms with Gasteiger partial charge in [-0.25, -0.2) is 4.79 Å². The highest BCUT2D eigenvalue weighted by atomic mass is 16.5. The minimum absolute atomic E-state index is 0.288. The number of nitrogens with one attached hydrogen (secondary N) is 1. The first-order valence-electron chi connectivity index (χ1n) is 6.69. The standard InChI is InChI=1S/C15H21NO3/c1-10-8-14(9-11(2)19-10)16-13-6-4-12(5-7-13)15(17)18-3/h4-7,10-11,14,16H,8-9H2,1-3H3. The Hall–Kier alpha value is -1.55. The van der Waals surface area contributed by atoms with Gasteiger partial charge in [0, 0.05) is 11.7 Å². The third kappa shape index (κ3) is 3.70. The van der Waals surface area contributed by atoms with Crippen LogP contribution in [0, 0.1) is 0 Å². The molecular formula is C15H21NO3. The first kappa shape index (κ1) is 13.9. The van der Waals surface area contributed by atoms with Gasteiger partial charge >= 0.3 is 5.97 Å². The molecule has 1 N–H and O–H groups in total. The van der Waals surface area contributed by atoms with Gasteiger partial charge in [-0.15, -0.1) is 0 Å². The second-order valence-corrected chi connectivity index (χ2v) is 5.14. The van der Waals surface area contributed by atoms with Gasteiger partial charge in [0.1, 0.15) is 0 Å². The van der Waals surface area contributed by atoms with Crippen molar-refractivity contribution in [3.63, 3.8) is 0 Å². The molecule has 1 aliphatic rings. The Morgan fingerprint density at radius 1 is 1.21 bits per heavy atom. The van der Waals surface area contributed by atoms with Crippen molar-refractivity contribution in [1.29, 1.82) is 0 Å². The first-order valence-corrected chi connectivity index (χ1v) is 6.69. The van der Waals surface area contributed by atoms with Crippen LogP contribution in [-0.4, -0.2) is 31.3 Å². The van der Waals surface area contributed by atoms with Crippen molar-refractivity contribution in [2.24, 2.45) is 0 Å². The van der Waals surface area contributed by atoms with E-state index in [0.29, 0.717) is 11.6 Å². The Morgan fingerprint density at radius 3 is 2.32 bits per heavy atom. The molecule has 0 aromatic heterocycles. The normalized spacial score (nSPS) is 26.8. The maximum Gasteiger partial charge on any atom is 0.337 e. The summed E-state index contributed by atoms with van der Waals surface area (Å²) in [6.07, 6.45) is 2.58. The number of benzene rings is 1. The van der Waals surface area contributed by atoms with Gasteiger partial charge in [0.05, 0.1) is 24.9 Å². The molecule has 0 amide bonds. The minimum atomic E-state index is -0.306. The third-order valence-electron chi connectivity index (χ3n) is 3.37. The van der Waals surface area contributed by atoms with Gasteiger partial charge in [-0.05, 0) is 51.0 Å². The molecular weight excluding hydrogens is 242 g/mol. The number of carbonyl (C=O) groups is 1. The number of rotatable bonds is 3. The second kappa shape index (κ2) is 6.06. The lowest BCUT2D eigenvalue weighted by Gasteiger charge is -2.33. The molecule has 4 heteroatoms. The molecule has 1 aliphatic heterocycles. The van der Waals surface area contributed by atoms with Gasteiger partial charge < -0.3 is 14.8 Å². The van der Waals surface area contributed by atoms with Crippen LogP contribution >= 0.6 is 0 Å². The molecule has 1 heterocycles. The van der Waals surface area contributed by atoms with Gasteiger partial charge in [-0.3, -0.25) is 0 Å². The zero-order valence-electron chi connectivity index (χ0n) is 11.7. The Labute approximate surface area is 114 Å². The predicted octanol–water partition coefficient (Wildman–Crippen LogP) is 2.84. The summed E-state index contributed by atoms with van der Waals surface area (Å²) in [7, 11) is 1.39. The highest BCUT2D eigenvalue weighted by Crippen LogP contribution is 2.22. The number of anilines is 1. The van der Waals surface area contributed by atoms with Gasteiger partial charge in [0.2, 0.25) is 0 Å². The minimum Gasteiger partial charge on any atom is -0.465 e. The molecule has 19 heavy (non-hydrogen) atoms. The van der Waals surface area contributed by atoms with Crippen molar-refractivity contribution < 1.29 is 14.3 Å². The SMILES string of the molecule is COC(=O)c1ccc(NC2CC(C)OC(C)C2)cc1. The first-order chi connectivity index (χ1) is 9.08. The van der Waals surface area contributed by atoms with E-state index in [0.717, 1.165) is 18.5 Å². The Balaban J connectivity index is 1.97. The van der Waals surface area contributed by atoms with E-state index in [1.54, 1.807) is 12.1 Å². The number of esters is 1. The average molecular weight is 263 g/mol. The molecule has 1 fully saturated rings. The largest absolute Gasteiger partial charge is 0.465 e. The van der Waals surface area contributed by atoms with Crippen LogP contribution in [-0.2, 0) is 9.47 Å². The molecule has 0 radical (unpaired) electrons. The van der Waals surface area contributed by atoms with Crippen molar-refractivity contribution in [1.82, 2.24) is 0 Å². The van der Waals surface area contributed by atoms with E-state index in [-0.39, 0.29) is 18.2 Å².